The summed E-state index contributed by atoms with van der Waals surface area (Å²) in [4.78, 5) is 15.1. The van der Waals surface area contributed by atoms with Gasteiger partial charge in [-0.15, -0.1) is 5.10 Å². The van der Waals surface area contributed by atoms with Gasteiger partial charge >= 0.3 is 6.18 Å². The van der Waals surface area contributed by atoms with Crippen LogP contribution in [0.2, 0.25) is 0 Å². The molecule has 0 bridgehead atoms. The predicted molar refractivity (Wildman–Crippen MR) is 85.5 cm³/mol. The monoisotopic (exact) mass is 382 g/mol. The van der Waals surface area contributed by atoms with E-state index in [2.05, 4.69) is 15.4 Å². The van der Waals surface area contributed by atoms with Gasteiger partial charge in [0.1, 0.15) is 0 Å². The van der Waals surface area contributed by atoms with Crippen LogP contribution in [0.3, 0.4) is 0 Å². The molecule has 0 aliphatic carbocycles. The fourth-order valence-electron chi connectivity index (χ4n) is 3.24. The van der Waals surface area contributed by atoms with Gasteiger partial charge in [-0.05, 0) is 41.8 Å². The van der Waals surface area contributed by atoms with Crippen molar-refractivity contribution in [2.75, 3.05) is 5.32 Å². The number of carbonyl (C=O) groups is 1. The first-order chi connectivity index (χ1) is 12.6. The van der Waals surface area contributed by atoms with Crippen molar-refractivity contribution in [2.24, 2.45) is 0 Å². The molecule has 1 aromatic carbocycles. The molecule has 0 atom stereocenters. The molecular weight excluding hydrogens is 371 g/mol. The van der Waals surface area contributed by atoms with Crippen molar-refractivity contribution in [3.63, 3.8) is 0 Å². The lowest BCUT2D eigenvalue weighted by Crippen LogP contribution is -2.07. The molecule has 140 valence electrons. The minimum Gasteiger partial charge on any atom is -0.325 e. The second kappa shape index (κ2) is 5.73. The van der Waals surface area contributed by atoms with Gasteiger partial charge in [-0.25, -0.2) is 18.3 Å². The van der Waals surface area contributed by atoms with Crippen LogP contribution in [-0.2, 0) is 17.4 Å². The van der Waals surface area contributed by atoms with Crippen LogP contribution < -0.4 is 5.32 Å². The van der Waals surface area contributed by atoms with Crippen molar-refractivity contribution < 1.29 is 26.7 Å². The molecule has 0 fully saturated rings. The Labute approximate surface area is 148 Å². The standard InChI is InChI=1S/C17H11F5N4O/c1-7-4-8(5-9-6-11(27)23-13(7)9)12-10(14(18)19)2-3-26-15(12)24-16(25-26)17(20,21)22/h2-5,14H,6H2,1H3,(H,23,27). The van der Waals surface area contributed by atoms with Crippen molar-refractivity contribution in [1.29, 1.82) is 0 Å². The highest BCUT2D eigenvalue weighted by atomic mass is 19.4. The lowest BCUT2D eigenvalue weighted by molar-refractivity contribution is -0.144. The molecule has 3 aromatic rings. The average molecular weight is 382 g/mol. The van der Waals surface area contributed by atoms with Gasteiger partial charge < -0.3 is 5.32 Å². The highest BCUT2D eigenvalue weighted by molar-refractivity contribution is 6.01. The Kier molecular flexibility index (Phi) is 3.69. The molecule has 1 N–H and O–H groups in total. The minimum absolute atomic E-state index is 0.0671. The van der Waals surface area contributed by atoms with Gasteiger partial charge in [-0.3, -0.25) is 4.79 Å². The lowest BCUT2D eigenvalue weighted by atomic mass is 9.96. The Morgan fingerprint density at radius 1 is 1.26 bits per heavy atom. The van der Waals surface area contributed by atoms with Gasteiger partial charge in [-0.2, -0.15) is 13.2 Å². The molecular formula is C17H11F5N4O. The number of benzene rings is 1. The van der Waals surface area contributed by atoms with Gasteiger partial charge in [0.25, 0.3) is 12.2 Å². The SMILES string of the molecule is Cc1cc(-c2c(C(F)F)ccn3nc(C(F)(F)F)nc23)cc2c1NC(=O)C2. The van der Waals surface area contributed by atoms with E-state index in [0.717, 1.165) is 16.8 Å². The fourth-order valence-corrected chi connectivity index (χ4v) is 3.24. The zero-order chi connectivity index (χ0) is 19.5. The van der Waals surface area contributed by atoms with Crippen molar-refractivity contribution in [1.82, 2.24) is 14.6 Å². The molecule has 0 saturated heterocycles. The molecule has 1 aliphatic rings. The van der Waals surface area contributed by atoms with Crippen LogP contribution in [0, 0.1) is 6.92 Å². The van der Waals surface area contributed by atoms with Gasteiger partial charge in [0, 0.05) is 23.0 Å². The summed E-state index contributed by atoms with van der Waals surface area (Å²) in [6.07, 6.45) is -6.64. The van der Waals surface area contributed by atoms with E-state index in [0.29, 0.717) is 16.8 Å². The maximum Gasteiger partial charge on any atom is 0.453 e. The number of nitrogens with one attached hydrogen (secondary N) is 1. The zero-order valence-corrected chi connectivity index (χ0v) is 13.7. The third kappa shape index (κ3) is 2.81. The van der Waals surface area contributed by atoms with Crippen LogP contribution in [0.1, 0.15) is 28.9 Å². The third-order valence-electron chi connectivity index (χ3n) is 4.35. The second-order valence-electron chi connectivity index (χ2n) is 6.20. The van der Waals surface area contributed by atoms with E-state index in [1.165, 1.54) is 12.1 Å². The predicted octanol–water partition coefficient (Wildman–Crippen LogP) is 4.16. The van der Waals surface area contributed by atoms with E-state index in [1.54, 1.807) is 6.92 Å². The molecule has 0 spiro atoms. The molecule has 0 radical (unpaired) electrons. The highest BCUT2D eigenvalue weighted by Gasteiger charge is 2.37. The highest BCUT2D eigenvalue weighted by Crippen LogP contribution is 2.39. The first-order valence-electron chi connectivity index (χ1n) is 7.83. The minimum atomic E-state index is -4.81. The molecule has 2 aromatic heterocycles. The summed E-state index contributed by atoms with van der Waals surface area (Å²) in [5, 5.41) is 6.02. The number of aryl methyl sites for hydroxylation is 1. The summed E-state index contributed by atoms with van der Waals surface area (Å²) in [6, 6.07) is 4.07. The van der Waals surface area contributed by atoms with Crippen molar-refractivity contribution in [3.05, 3.63) is 46.9 Å². The van der Waals surface area contributed by atoms with Gasteiger partial charge in [0.15, 0.2) is 5.65 Å². The zero-order valence-electron chi connectivity index (χ0n) is 13.7. The lowest BCUT2D eigenvalue weighted by Gasteiger charge is -2.13. The maximum absolute atomic E-state index is 13.6. The molecule has 3 heterocycles. The number of fused-ring (bicyclic) bond motifs is 2. The average Bonchev–Trinajstić information content (AvgIpc) is 3.16. The Bertz CT molecular complexity index is 1090. The van der Waals surface area contributed by atoms with E-state index >= 15 is 0 Å². The summed E-state index contributed by atoms with van der Waals surface area (Å²) in [6.45, 7) is 1.68. The Morgan fingerprint density at radius 3 is 2.67 bits per heavy atom. The summed E-state index contributed by atoms with van der Waals surface area (Å²) < 4.78 is 66.9. The first-order valence-corrected chi connectivity index (χ1v) is 7.83. The van der Waals surface area contributed by atoms with Crippen LogP contribution in [0.4, 0.5) is 27.6 Å². The van der Waals surface area contributed by atoms with Crippen LogP contribution in [0.5, 0.6) is 0 Å². The maximum atomic E-state index is 13.6. The number of nitrogens with zero attached hydrogens (tertiary/aromatic N) is 3. The van der Waals surface area contributed by atoms with Gasteiger partial charge in [0.05, 0.1) is 6.42 Å². The van der Waals surface area contributed by atoms with Crippen LogP contribution in [-0.4, -0.2) is 20.5 Å². The largest absolute Gasteiger partial charge is 0.453 e. The number of hydrogen-bond acceptors (Lipinski definition) is 3. The van der Waals surface area contributed by atoms with Crippen molar-refractivity contribution in [2.45, 2.75) is 25.9 Å². The van der Waals surface area contributed by atoms with E-state index in [1.807, 2.05) is 0 Å². The molecule has 10 heteroatoms. The fraction of sp³-hybridized carbons (Fsp3) is 0.235. The molecule has 4 rings (SSSR count). The van der Waals surface area contributed by atoms with Crippen molar-refractivity contribution >= 4 is 17.2 Å². The molecule has 5 nitrogen and oxygen atoms in total. The number of amides is 1. The molecule has 1 amide bonds. The van der Waals surface area contributed by atoms with E-state index in [9.17, 15) is 26.7 Å². The summed E-state index contributed by atoms with van der Waals surface area (Å²) >= 11 is 0. The number of rotatable bonds is 2. The number of alkyl halides is 5. The van der Waals surface area contributed by atoms with Crippen LogP contribution >= 0.6 is 0 Å². The van der Waals surface area contributed by atoms with Crippen molar-refractivity contribution in [3.8, 4) is 11.1 Å². The number of halogens is 5. The van der Waals surface area contributed by atoms with E-state index in [-0.39, 0.29) is 29.1 Å². The number of aromatic nitrogens is 3. The second-order valence-corrected chi connectivity index (χ2v) is 6.20. The smallest absolute Gasteiger partial charge is 0.325 e. The van der Waals surface area contributed by atoms with E-state index < -0.39 is 24.0 Å². The third-order valence-corrected chi connectivity index (χ3v) is 4.35. The molecule has 0 saturated carbocycles. The first kappa shape index (κ1) is 17.4. The molecule has 1 aliphatic heterocycles. The Hall–Kier alpha value is -3.04. The molecule has 0 unspecified atom stereocenters. The van der Waals surface area contributed by atoms with Crippen LogP contribution in [0.25, 0.3) is 16.8 Å². The summed E-state index contributed by atoms with van der Waals surface area (Å²) in [5.74, 6) is -1.65. The normalized spacial score (nSPS) is 14.1. The van der Waals surface area contributed by atoms with Crippen LogP contribution in [0.15, 0.2) is 24.4 Å². The Balaban J connectivity index is 2.01. The summed E-state index contributed by atoms with van der Waals surface area (Å²) in [5.41, 5.74) is 1.13. The van der Waals surface area contributed by atoms with E-state index in [4.69, 9.17) is 0 Å². The topological polar surface area (TPSA) is 59.3 Å². The molecule has 27 heavy (non-hydrogen) atoms. The van der Waals surface area contributed by atoms with Gasteiger partial charge in [-0.1, -0.05) is 0 Å². The van der Waals surface area contributed by atoms with Gasteiger partial charge in [0.2, 0.25) is 5.91 Å². The quantitative estimate of drug-likeness (QED) is 0.678. The Morgan fingerprint density at radius 2 is 2.00 bits per heavy atom. The summed E-state index contributed by atoms with van der Waals surface area (Å²) in [7, 11) is 0. The number of carbonyl (C=O) groups excluding carboxylic acids is 1. The number of pyridine rings is 1. The number of anilines is 1. The number of hydrogen-bond donors (Lipinski definition) is 1.